The van der Waals surface area contributed by atoms with Gasteiger partial charge >= 0.3 is 5.97 Å². The summed E-state index contributed by atoms with van der Waals surface area (Å²) >= 11 is 0. The zero-order valence-electron chi connectivity index (χ0n) is 13.0. The lowest BCUT2D eigenvalue weighted by Crippen LogP contribution is -2.29. The molecule has 5 nitrogen and oxygen atoms in total. The maximum absolute atomic E-state index is 11.5. The van der Waals surface area contributed by atoms with E-state index in [2.05, 4.69) is 0 Å². The first kappa shape index (κ1) is 17.2. The van der Waals surface area contributed by atoms with Crippen molar-refractivity contribution in [2.45, 2.75) is 39.4 Å². The predicted molar refractivity (Wildman–Crippen MR) is 78.1 cm³/mol. The number of hydrogen-bond acceptors (Lipinski definition) is 5. The van der Waals surface area contributed by atoms with Crippen LogP contribution in [0.1, 0.15) is 32.8 Å². The summed E-state index contributed by atoms with van der Waals surface area (Å²) in [6, 6.07) is 7.44. The average molecular weight is 294 g/mol. The van der Waals surface area contributed by atoms with Crippen molar-refractivity contribution in [3.8, 4) is 5.75 Å². The Morgan fingerprint density at radius 3 is 2.24 bits per heavy atom. The normalized spacial score (nSPS) is 11.0. The van der Waals surface area contributed by atoms with Crippen molar-refractivity contribution in [2.24, 2.45) is 0 Å². The maximum Gasteiger partial charge on any atom is 0.375 e. The van der Waals surface area contributed by atoms with Gasteiger partial charge in [0.05, 0.1) is 20.3 Å². The van der Waals surface area contributed by atoms with Gasteiger partial charge in [-0.1, -0.05) is 12.1 Å². The lowest BCUT2D eigenvalue weighted by atomic mass is 10.2. The molecule has 0 heterocycles. The van der Waals surface area contributed by atoms with Gasteiger partial charge < -0.3 is 14.2 Å². The van der Waals surface area contributed by atoms with Gasteiger partial charge in [-0.2, -0.15) is 0 Å². The van der Waals surface area contributed by atoms with Crippen LogP contribution in [0.4, 0.5) is 0 Å². The van der Waals surface area contributed by atoms with E-state index in [-0.39, 0.29) is 13.0 Å². The van der Waals surface area contributed by atoms with E-state index in [9.17, 15) is 9.59 Å². The standard InChI is InChI=1S/C16H22O5/c1-16(2,3)21-15(18)14(17)9-10-20-11-12-5-7-13(19-4)8-6-12/h5-8H,9-11H2,1-4H3. The molecule has 0 fully saturated rings. The third-order valence-electron chi connectivity index (χ3n) is 2.53. The molecule has 1 rings (SSSR count). The SMILES string of the molecule is COc1ccc(COCCC(=O)C(=O)OC(C)(C)C)cc1. The van der Waals surface area contributed by atoms with E-state index >= 15 is 0 Å². The fourth-order valence-electron chi connectivity index (χ4n) is 1.51. The van der Waals surface area contributed by atoms with Gasteiger partial charge in [-0.15, -0.1) is 0 Å². The van der Waals surface area contributed by atoms with Crippen LogP contribution in [-0.4, -0.2) is 31.1 Å². The fraction of sp³-hybridized carbons (Fsp3) is 0.500. The van der Waals surface area contributed by atoms with Crippen LogP contribution in [0.2, 0.25) is 0 Å². The molecule has 0 spiro atoms. The smallest absolute Gasteiger partial charge is 0.375 e. The molecule has 21 heavy (non-hydrogen) atoms. The lowest BCUT2D eigenvalue weighted by molar-refractivity contribution is -0.162. The number of Topliss-reactive ketones (excluding diaryl/α,β-unsaturated/α-hetero) is 1. The molecule has 0 N–H and O–H groups in total. The Morgan fingerprint density at radius 2 is 1.71 bits per heavy atom. The summed E-state index contributed by atoms with van der Waals surface area (Å²) in [6.45, 7) is 5.73. The van der Waals surface area contributed by atoms with Gasteiger partial charge in [-0.25, -0.2) is 4.79 Å². The van der Waals surface area contributed by atoms with Crippen molar-refractivity contribution in [3.63, 3.8) is 0 Å². The second-order valence-electron chi connectivity index (χ2n) is 5.58. The zero-order valence-corrected chi connectivity index (χ0v) is 13.0. The van der Waals surface area contributed by atoms with Crippen molar-refractivity contribution in [1.29, 1.82) is 0 Å². The molecular formula is C16H22O5. The number of hydrogen-bond donors (Lipinski definition) is 0. The van der Waals surface area contributed by atoms with Crippen LogP contribution < -0.4 is 4.74 Å². The summed E-state index contributed by atoms with van der Waals surface area (Å²) in [5.41, 5.74) is 0.317. The highest BCUT2D eigenvalue weighted by molar-refractivity contribution is 6.33. The molecule has 0 aliphatic heterocycles. The molecule has 0 saturated heterocycles. The molecule has 116 valence electrons. The molecular weight excluding hydrogens is 272 g/mol. The Bertz CT molecular complexity index is 470. The Balaban J connectivity index is 2.27. The van der Waals surface area contributed by atoms with Gasteiger partial charge in [0.1, 0.15) is 11.4 Å². The zero-order chi connectivity index (χ0) is 15.9. The van der Waals surface area contributed by atoms with Crippen LogP contribution in [0.5, 0.6) is 5.75 Å². The second-order valence-corrected chi connectivity index (χ2v) is 5.58. The highest BCUT2D eigenvalue weighted by Gasteiger charge is 2.22. The number of ketones is 1. The number of carbonyl (C=O) groups excluding carboxylic acids is 2. The van der Waals surface area contributed by atoms with Crippen LogP contribution in [-0.2, 0) is 25.7 Å². The quantitative estimate of drug-likeness (QED) is 0.439. The van der Waals surface area contributed by atoms with E-state index in [4.69, 9.17) is 14.2 Å². The number of methoxy groups -OCH3 is 1. The average Bonchev–Trinajstić information content (AvgIpc) is 2.42. The van der Waals surface area contributed by atoms with Gasteiger partial charge in [0, 0.05) is 6.42 Å². The maximum atomic E-state index is 11.5. The first-order chi connectivity index (χ1) is 9.81. The van der Waals surface area contributed by atoms with Crippen molar-refractivity contribution < 1.29 is 23.8 Å². The van der Waals surface area contributed by atoms with Gasteiger partial charge in [0.25, 0.3) is 0 Å². The van der Waals surface area contributed by atoms with Gasteiger partial charge in [-0.3, -0.25) is 4.79 Å². The van der Waals surface area contributed by atoms with Crippen molar-refractivity contribution in [2.75, 3.05) is 13.7 Å². The summed E-state index contributed by atoms with van der Waals surface area (Å²) < 4.78 is 15.4. The second kappa shape index (κ2) is 7.78. The number of ether oxygens (including phenoxy) is 3. The minimum atomic E-state index is -0.810. The first-order valence-electron chi connectivity index (χ1n) is 6.78. The van der Waals surface area contributed by atoms with E-state index < -0.39 is 17.4 Å². The minimum absolute atomic E-state index is 0.0189. The van der Waals surface area contributed by atoms with Crippen molar-refractivity contribution in [3.05, 3.63) is 29.8 Å². The molecule has 0 aliphatic carbocycles. The van der Waals surface area contributed by atoms with Crippen LogP contribution in [0.15, 0.2) is 24.3 Å². The Hall–Kier alpha value is -1.88. The third kappa shape index (κ3) is 6.90. The number of rotatable bonds is 7. The van der Waals surface area contributed by atoms with Crippen LogP contribution >= 0.6 is 0 Å². The van der Waals surface area contributed by atoms with Crippen molar-refractivity contribution in [1.82, 2.24) is 0 Å². The fourth-order valence-corrected chi connectivity index (χ4v) is 1.51. The van der Waals surface area contributed by atoms with Crippen LogP contribution in [0.3, 0.4) is 0 Å². The first-order valence-corrected chi connectivity index (χ1v) is 6.78. The molecule has 5 heteroatoms. The summed E-state index contributed by atoms with van der Waals surface area (Å²) in [7, 11) is 1.60. The van der Waals surface area contributed by atoms with Crippen molar-refractivity contribution >= 4 is 11.8 Å². The van der Waals surface area contributed by atoms with E-state index in [0.29, 0.717) is 6.61 Å². The highest BCUT2D eigenvalue weighted by Crippen LogP contribution is 2.12. The molecule has 0 unspecified atom stereocenters. The van der Waals surface area contributed by atoms with Gasteiger partial charge in [0.2, 0.25) is 5.78 Å². The summed E-state index contributed by atoms with van der Waals surface area (Å²) in [5.74, 6) is -0.603. The molecule has 1 aromatic rings. The molecule has 0 atom stereocenters. The minimum Gasteiger partial charge on any atom is -0.497 e. The van der Waals surface area contributed by atoms with Crippen LogP contribution in [0.25, 0.3) is 0 Å². The molecule has 0 radical (unpaired) electrons. The van der Waals surface area contributed by atoms with Crippen LogP contribution in [0, 0.1) is 0 Å². The van der Waals surface area contributed by atoms with Gasteiger partial charge in [0.15, 0.2) is 0 Å². The number of esters is 1. The molecule has 0 saturated carbocycles. The highest BCUT2D eigenvalue weighted by atomic mass is 16.6. The van der Waals surface area contributed by atoms with E-state index in [1.807, 2.05) is 24.3 Å². The summed E-state index contributed by atoms with van der Waals surface area (Å²) in [5, 5.41) is 0. The van der Waals surface area contributed by atoms with E-state index in [1.165, 1.54) is 0 Å². The third-order valence-corrected chi connectivity index (χ3v) is 2.53. The Labute approximate surface area is 125 Å². The molecule has 0 aliphatic rings. The summed E-state index contributed by atoms with van der Waals surface area (Å²) in [4.78, 5) is 23.0. The molecule has 0 aromatic heterocycles. The lowest BCUT2D eigenvalue weighted by Gasteiger charge is -2.18. The molecule has 0 bridgehead atoms. The predicted octanol–water partition coefficient (Wildman–Crippen LogP) is 2.51. The van der Waals surface area contributed by atoms with E-state index in [0.717, 1.165) is 11.3 Å². The monoisotopic (exact) mass is 294 g/mol. The largest absolute Gasteiger partial charge is 0.497 e. The Kier molecular flexibility index (Phi) is 6.37. The summed E-state index contributed by atoms with van der Waals surface area (Å²) in [6.07, 6.45) is 0.0189. The van der Waals surface area contributed by atoms with E-state index in [1.54, 1.807) is 27.9 Å². The topological polar surface area (TPSA) is 61.8 Å². The van der Waals surface area contributed by atoms with Gasteiger partial charge in [-0.05, 0) is 38.5 Å². The molecule has 1 aromatic carbocycles. The number of benzene rings is 1. The molecule has 0 amide bonds. The number of carbonyl (C=O) groups is 2. The Morgan fingerprint density at radius 1 is 1.10 bits per heavy atom.